The average molecular weight is 244 g/mol. The standard InChI is InChI=1S/C13H28N2O2/c1-11(2)14-12(9-16)5-6-15-7-8-17-10-13(15,3)4/h11-12,14,16H,5-10H2,1-4H3. The molecular formula is C13H28N2O2. The first-order chi connectivity index (χ1) is 7.95. The van der Waals surface area contributed by atoms with E-state index in [9.17, 15) is 5.11 Å². The normalized spacial score (nSPS) is 22.9. The Labute approximate surface area is 105 Å². The maximum atomic E-state index is 9.33. The molecule has 0 amide bonds. The Hall–Kier alpha value is -0.160. The van der Waals surface area contributed by atoms with Crippen molar-refractivity contribution in [1.82, 2.24) is 10.2 Å². The molecule has 1 atom stereocenters. The third-order valence-corrected chi connectivity index (χ3v) is 3.35. The molecule has 102 valence electrons. The lowest BCUT2D eigenvalue weighted by atomic mass is 10.0. The van der Waals surface area contributed by atoms with Gasteiger partial charge in [0, 0.05) is 30.7 Å². The zero-order valence-electron chi connectivity index (χ0n) is 11.7. The summed E-state index contributed by atoms with van der Waals surface area (Å²) >= 11 is 0. The van der Waals surface area contributed by atoms with Gasteiger partial charge in [-0.1, -0.05) is 13.8 Å². The Kier molecular flexibility index (Phi) is 5.86. The number of hydrogen-bond donors (Lipinski definition) is 2. The van der Waals surface area contributed by atoms with Gasteiger partial charge in [-0.3, -0.25) is 4.90 Å². The van der Waals surface area contributed by atoms with Gasteiger partial charge in [-0.15, -0.1) is 0 Å². The quantitative estimate of drug-likeness (QED) is 0.727. The number of nitrogens with one attached hydrogen (secondary N) is 1. The van der Waals surface area contributed by atoms with Crippen molar-refractivity contribution in [2.75, 3.05) is 32.9 Å². The van der Waals surface area contributed by atoms with E-state index in [1.165, 1.54) is 0 Å². The molecular weight excluding hydrogens is 216 g/mol. The van der Waals surface area contributed by atoms with Gasteiger partial charge in [0.1, 0.15) is 0 Å². The molecule has 4 heteroatoms. The van der Waals surface area contributed by atoms with Crippen LogP contribution in [0.5, 0.6) is 0 Å². The van der Waals surface area contributed by atoms with Gasteiger partial charge in [0.25, 0.3) is 0 Å². The molecule has 17 heavy (non-hydrogen) atoms. The Bertz CT molecular complexity index is 219. The summed E-state index contributed by atoms with van der Waals surface area (Å²) in [5, 5.41) is 12.7. The van der Waals surface area contributed by atoms with E-state index in [0.717, 1.165) is 32.7 Å². The Morgan fingerprint density at radius 3 is 2.65 bits per heavy atom. The highest BCUT2D eigenvalue weighted by Crippen LogP contribution is 2.19. The van der Waals surface area contributed by atoms with Crippen LogP contribution < -0.4 is 5.32 Å². The molecule has 0 aromatic rings. The molecule has 0 radical (unpaired) electrons. The first kappa shape index (κ1) is 14.9. The SMILES string of the molecule is CC(C)NC(CO)CCN1CCOCC1(C)C. The molecule has 0 aromatic carbocycles. The summed E-state index contributed by atoms with van der Waals surface area (Å²) in [7, 11) is 0. The second-order valence-electron chi connectivity index (χ2n) is 5.84. The van der Waals surface area contributed by atoms with Crippen molar-refractivity contribution in [2.24, 2.45) is 0 Å². The monoisotopic (exact) mass is 244 g/mol. The molecule has 1 rings (SSSR count). The van der Waals surface area contributed by atoms with Crippen molar-refractivity contribution in [2.45, 2.75) is 51.7 Å². The largest absolute Gasteiger partial charge is 0.395 e. The molecule has 2 N–H and O–H groups in total. The highest BCUT2D eigenvalue weighted by molar-refractivity contribution is 4.85. The fraction of sp³-hybridized carbons (Fsp3) is 1.00. The molecule has 0 bridgehead atoms. The first-order valence-electron chi connectivity index (χ1n) is 6.65. The Morgan fingerprint density at radius 1 is 1.41 bits per heavy atom. The van der Waals surface area contributed by atoms with E-state index in [0.29, 0.717) is 6.04 Å². The maximum absolute atomic E-state index is 9.33. The molecule has 0 saturated carbocycles. The predicted octanol–water partition coefficient (Wildman–Crippen LogP) is 0.846. The number of aliphatic hydroxyl groups is 1. The topological polar surface area (TPSA) is 44.7 Å². The van der Waals surface area contributed by atoms with Crippen LogP contribution in [0.1, 0.15) is 34.1 Å². The molecule has 0 spiro atoms. The molecule has 1 unspecified atom stereocenters. The van der Waals surface area contributed by atoms with E-state index < -0.39 is 0 Å². The molecule has 1 saturated heterocycles. The fourth-order valence-electron chi connectivity index (χ4n) is 2.32. The summed E-state index contributed by atoms with van der Waals surface area (Å²) in [6, 6.07) is 0.624. The van der Waals surface area contributed by atoms with Crippen LogP contribution >= 0.6 is 0 Å². The number of nitrogens with zero attached hydrogens (tertiary/aromatic N) is 1. The van der Waals surface area contributed by atoms with Crippen LogP contribution in [0.3, 0.4) is 0 Å². The lowest BCUT2D eigenvalue weighted by Gasteiger charge is -2.42. The predicted molar refractivity (Wildman–Crippen MR) is 70.2 cm³/mol. The van der Waals surface area contributed by atoms with Crippen molar-refractivity contribution >= 4 is 0 Å². The van der Waals surface area contributed by atoms with Gasteiger partial charge in [-0.25, -0.2) is 0 Å². The number of aliphatic hydroxyl groups excluding tert-OH is 1. The Morgan fingerprint density at radius 2 is 2.12 bits per heavy atom. The van der Waals surface area contributed by atoms with E-state index >= 15 is 0 Å². The van der Waals surface area contributed by atoms with Gasteiger partial charge in [-0.2, -0.15) is 0 Å². The highest BCUT2D eigenvalue weighted by Gasteiger charge is 2.30. The van der Waals surface area contributed by atoms with Crippen LogP contribution in [0.2, 0.25) is 0 Å². The molecule has 1 fully saturated rings. The zero-order chi connectivity index (χ0) is 12.9. The van der Waals surface area contributed by atoms with E-state index in [1.807, 2.05) is 0 Å². The summed E-state index contributed by atoms with van der Waals surface area (Å²) in [6.07, 6.45) is 0.984. The smallest absolute Gasteiger partial charge is 0.0645 e. The second-order valence-corrected chi connectivity index (χ2v) is 5.84. The van der Waals surface area contributed by atoms with Gasteiger partial charge in [0.15, 0.2) is 0 Å². The summed E-state index contributed by atoms with van der Waals surface area (Å²) in [5.41, 5.74) is 0.121. The van der Waals surface area contributed by atoms with Gasteiger partial charge >= 0.3 is 0 Å². The van der Waals surface area contributed by atoms with Crippen molar-refractivity contribution < 1.29 is 9.84 Å². The van der Waals surface area contributed by atoms with E-state index in [1.54, 1.807) is 0 Å². The van der Waals surface area contributed by atoms with Crippen molar-refractivity contribution in [3.63, 3.8) is 0 Å². The summed E-state index contributed by atoms with van der Waals surface area (Å²) in [5.74, 6) is 0. The van der Waals surface area contributed by atoms with Crippen molar-refractivity contribution in [3.8, 4) is 0 Å². The minimum atomic E-state index is 0.121. The highest BCUT2D eigenvalue weighted by atomic mass is 16.5. The van der Waals surface area contributed by atoms with Crippen LogP contribution in [-0.4, -0.2) is 60.5 Å². The third-order valence-electron chi connectivity index (χ3n) is 3.35. The third kappa shape index (κ3) is 4.92. The van der Waals surface area contributed by atoms with E-state index in [2.05, 4.69) is 37.9 Å². The molecule has 1 aliphatic rings. The minimum Gasteiger partial charge on any atom is -0.395 e. The lowest BCUT2D eigenvalue weighted by Crippen LogP contribution is -2.54. The average Bonchev–Trinajstić information content (AvgIpc) is 2.24. The molecule has 0 aliphatic carbocycles. The maximum Gasteiger partial charge on any atom is 0.0645 e. The van der Waals surface area contributed by atoms with Crippen LogP contribution in [0.4, 0.5) is 0 Å². The van der Waals surface area contributed by atoms with Crippen molar-refractivity contribution in [3.05, 3.63) is 0 Å². The minimum absolute atomic E-state index is 0.121. The van der Waals surface area contributed by atoms with Crippen LogP contribution in [0, 0.1) is 0 Å². The van der Waals surface area contributed by atoms with Crippen LogP contribution in [0.25, 0.3) is 0 Å². The van der Waals surface area contributed by atoms with Gasteiger partial charge in [0.2, 0.25) is 0 Å². The zero-order valence-corrected chi connectivity index (χ0v) is 11.7. The number of ether oxygens (including phenoxy) is 1. The molecule has 1 heterocycles. The van der Waals surface area contributed by atoms with Crippen LogP contribution in [-0.2, 0) is 4.74 Å². The fourth-order valence-corrected chi connectivity index (χ4v) is 2.32. The first-order valence-corrected chi connectivity index (χ1v) is 6.65. The Balaban J connectivity index is 2.37. The second kappa shape index (κ2) is 6.69. The van der Waals surface area contributed by atoms with Crippen molar-refractivity contribution in [1.29, 1.82) is 0 Å². The van der Waals surface area contributed by atoms with Gasteiger partial charge in [0.05, 0.1) is 19.8 Å². The van der Waals surface area contributed by atoms with E-state index in [-0.39, 0.29) is 18.2 Å². The van der Waals surface area contributed by atoms with Gasteiger partial charge < -0.3 is 15.2 Å². The van der Waals surface area contributed by atoms with E-state index in [4.69, 9.17) is 4.74 Å². The summed E-state index contributed by atoms with van der Waals surface area (Å²) in [6.45, 7) is 12.5. The number of hydrogen-bond acceptors (Lipinski definition) is 4. The van der Waals surface area contributed by atoms with Gasteiger partial charge in [-0.05, 0) is 20.3 Å². The molecule has 4 nitrogen and oxygen atoms in total. The molecule has 1 aliphatic heterocycles. The number of morpholine rings is 1. The summed E-state index contributed by atoms with van der Waals surface area (Å²) in [4.78, 5) is 2.46. The lowest BCUT2D eigenvalue weighted by molar-refractivity contribution is -0.0526. The summed E-state index contributed by atoms with van der Waals surface area (Å²) < 4.78 is 5.51. The number of rotatable bonds is 6. The molecule has 0 aromatic heterocycles. The van der Waals surface area contributed by atoms with Crippen LogP contribution in [0.15, 0.2) is 0 Å².